The summed E-state index contributed by atoms with van der Waals surface area (Å²) in [5.74, 6) is -1.11. The number of hydrogen-bond acceptors (Lipinski definition) is 5. The summed E-state index contributed by atoms with van der Waals surface area (Å²) in [5, 5.41) is 13.4. The van der Waals surface area contributed by atoms with E-state index in [1.807, 2.05) is 6.92 Å². The molecule has 0 spiro atoms. The van der Waals surface area contributed by atoms with Crippen molar-refractivity contribution in [3.63, 3.8) is 0 Å². The van der Waals surface area contributed by atoms with E-state index in [2.05, 4.69) is 18.8 Å². The molecule has 7 heteroatoms. The van der Waals surface area contributed by atoms with Gasteiger partial charge in [0, 0.05) is 18.0 Å². The molecule has 1 atom stereocenters. The first-order valence-corrected chi connectivity index (χ1v) is 11.2. The number of likely N-dealkylation sites (tertiary alicyclic amines) is 1. The van der Waals surface area contributed by atoms with Crippen molar-refractivity contribution in [2.24, 2.45) is 0 Å². The molecule has 3 rings (SSSR count). The van der Waals surface area contributed by atoms with Gasteiger partial charge in [-0.3, -0.25) is 14.6 Å². The summed E-state index contributed by atoms with van der Waals surface area (Å²) in [7, 11) is 0. The number of carbonyl (C=O) groups is 2. The summed E-state index contributed by atoms with van der Waals surface area (Å²) in [6.45, 7) is 9.74. The highest BCUT2D eigenvalue weighted by Gasteiger charge is 2.44. The van der Waals surface area contributed by atoms with Crippen LogP contribution in [0.4, 0.5) is 0 Å². The fourth-order valence-corrected chi connectivity index (χ4v) is 3.95. The number of Topliss-reactive ketones (excluding diaryl/α,β-unsaturated/α-hetero) is 1. The van der Waals surface area contributed by atoms with Crippen molar-refractivity contribution >= 4 is 17.4 Å². The quantitative estimate of drug-likeness (QED) is 0.341. The van der Waals surface area contributed by atoms with E-state index in [0.29, 0.717) is 36.6 Å². The van der Waals surface area contributed by atoms with Gasteiger partial charge in [0.1, 0.15) is 5.75 Å². The number of amides is 1. The lowest BCUT2D eigenvalue weighted by Crippen LogP contribution is -3.12. The van der Waals surface area contributed by atoms with Gasteiger partial charge >= 0.3 is 0 Å². The number of nitrogens with one attached hydrogen (secondary N) is 1. The lowest BCUT2D eigenvalue weighted by molar-refractivity contribution is -0.895. The minimum Gasteiger partial charge on any atom is -0.872 e. The molecule has 0 aliphatic carbocycles. The molecule has 2 aromatic rings. The van der Waals surface area contributed by atoms with Crippen LogP contribution in [0.2, 0.25) is 0 Å². The summed E-state index contributed by atoms with van der Waals surface area (Å²) in [4.78, 5) is 32.9. The smallest absolute Gasteiger partial charge is 0.295 e. The van der Waals surface area contributed by atoms with Crippen LogP contribution < -0.4 is 14.7 Å². The van der Waals surface area contributed by atoms with Crippen LogP contribution in [0.1, 0.15) is 44.4 Å². The Morgan fingerprint density at radius 2 is 1.72 bits per heavy atom. The van der Waals surface area contributed by atoms with E-state index in [1.54, 1.807) is 48.8 Å². The number of carbonyl (C=O) groups excluding carboxylic acids is 2. The van der Waals surface area contributed by atoms with Gasteiger partial charge in [-0.25, -0.2) is 0 Å². The molecular formula is C25H31N3O4. The van der Waals surface area contributed by atoms with E-state index in [1.165, 1.54) is 9.80 Å². The first kappa shape index (κ1) is 23.5. The molecule has 1 saturated heterocycles. The zero-order valence-electron chi connectivity index (χ0n) is 19.0. The Labute approximate surface area is 189 Å². The van der Waals surface area contributed by atoms with E-state index in [0.717, 1.165) is 19.5 Å². The number of likely N-dealkylation sites (N-methyl/N-ethyl adjacent to an activating group) is 1. The van der Waals surface area contributed by atoms with Crippen LogP contribution in [-0.4, -0.2) is 54.4 Å². The average Bonchev–Trinajstić information content (AvgIpc) is 3.08. The monoisotopic (exact) mass is 437 g/mol. The maximum atomic E-state index is 13.4. The fraction of sp³-hybridized carbons (Fsp3) is 0.400. The third-order valence-electron chi connectivity index (χ3n) is 5.85. The number of rotatable bonds is 10. The molecule has 7 nitrogen and oxygen atoms in total. The number of benzene rings is 1. The topological polar surface area (TPSA) is 87.0 Å². The fourth-order valence-electron chi connectivity index (χ4n) is 3.95. The minimum absolute atomic E-state index is 0.00188. The maximum absolute atomic E-state index is 13.4. The molecule has 2 heterocycles. The lowest BCUT2D eigenvalue weighted by Gasteiger charge is -2.28. The molecule has 32 heavy (non-hydrogen) atoms. The molecule has 1 N–H and O–H groups in total. The van der Waals surface area contributed by atoms with Gasteiger partial charge in [0.2, 0.25) is 5.78 Å². The summed E-state index contributed by atoms with van der Waals surface area (Å²) in [6.07, 6.45) is 4.10. The van der Waals surface area contributed by atoms with Crippen LogP contribution in [0.5, 0.6) is 5.75 Å². The Hall–Kier alpha value is -3.19. The second-order valence-electron chi connectivity index (χ2n) is 7.83. The summed E-state index contributed by atoms with van der Waals surface area (Å²) < 4.78 is 5.58. The van der Waals surface area contributed by atoms with Crippen LogP contribution in [0.25, 0.3) is 5.76 Å². The average molecular weight is 438 g/mol. The van der Waals surface area contributed by atoms with Crippen molar-refractivity contribution in [2.45, 2.75) is 33.2 Å². The van der Waals surface area contributed by atoms with Crippen molar-refractivity contribution in [3.05, 3.63) is 65.5 Å². The summed E-state index contributed by atoms with van der Waals surface area (Å²) >= 11 is 0. The highest BCUT2D eigenvalue weighted by molar-refractivity contribution is 6.46. The second kappa shape index (κ2) is 10.9. The van der Waals surface area contributed by atoms with Crippen LogP contribution in [0, 0.1) is 0 Å². The molecule has 1 amide bonds. The number of aromatic nitrogens is 1. The predicted octanol–water partition coefficient (Wildman–Crippen LogP) is 1.02. The number of ether oxygens (including phenoxy) is 1. The van der Waals surface area contributed by atoms with Gasteiger partial charge in [-0.2, -0.15) is 0 Å². The molecule has 0 radical (unpaired) electrons. The second-order valence-corrected chi connectivity index (χ2v) is 7.83. The molecule has 0 saturated carbocycles. The first-order valence-electron chi connectivity index (χ1n) is 11.2. The summed E-state index contributed by atoms with van der Waals surface area (Å²) in [6, 6.07) is 9.51. The molecule has 1 aliphatic heterocycles. The molecular weight excluding hydrogens is 406 g/mol. The van der Waals surface area contributed by atoms with Crippen LogP contribution in [0.15, 0.2) is 54.4 Å². The minimum atomic E-state index is -0.724. The number of ketones is 1. The normalized spacial score (nSPS) is 17.9. The van der Waals surface area contributed by atoms with Gasteiger partial charge in [0.25, 0.3) is 5.91 Å². The van der Waals surface area contributed by atoms with Gasteiger partial charge in [0.05, 0.1) is 38.8 Å². The van der Waals surface area contributed by atoms with Crippen LogP contribution >= 0.6 is 0 Å². The van der Waals surface area contributed by atoms with Crippen molar-refractivity contribution < 1.29 is 24.3 Å². The van der Waals surface area contributed by atoms with Gasteiger partial charge in [-0.15, -0.1) is 0 Å². The zero-order chi connectivity index (χ0) is 23.1. The SMILES string of the molecule is CCCOc1ccc(C([O-])=C2C(=O)C(=O)N(CC[NH+](CC)CC)C2c2ccncc2)cc1. The van der Waals surface area contributed by atoms with Gasteiger partial charge in [-0.1, -0.05) is 24.8 Å². The Morgan fingerprint density at radius 3 is 2.31 bits per heavy atom. The van der Waals surface area contributed by atoms with Crippen molar-refractivity contribution in [1.29, 1.82) is 0 Å². The molecule has 1 aromatic heterocycles. The number of pyridine rings is 1. The Kier molecular flexibility index (Phi) is 8.00. The maximum Gasteiger partial charge on any atom is 0.295 e. The lowest BCUT2D eigenvalue weighted by atomic mass is 9.96. The molecule has 1 unspecified atom stereocenters. The van der Waals surface area contributed by atoms with Gasteiger partial charge in [-0.05, 0) is 55.7 Å². The first-order chi connectivity index (χ1) is 15.5. The molecule has 1 fully saturated rings. The highest BCUT2D eigenvalue weighted by Crippen LogP contribution is 2.38. The van der Waals surface area contributed by atoms with Crippen molar-refractivity contribution in [1.82, 2.24) is 9.88 Å². The molecule has 170 valence electrons. The van der Waals surface area contributed by atoms with Gasteiger partial charge in [0.15, 0.2) is 0 Å². The van der Waals surface area contributed by atoms with Crippen molar-refractivity contribution in [3.8, 4) is 5.75 Å². The Bertz CT molecular complexity index is 953. The predicted molar refractivity (Wildman–Crippen MR) is 120 cm³/mol. The number of quaternary nitrogens is 1. The molecule has 1 aromatic carbocycles. The number of hydrogen-bond donors (Lipinski definition) is 1. The van der Waals surface area contributed by atoms with Gasteiger partial charge < -0.3 is 19.6 Å². The van der Waals surface area contributed by atoms with E-state index in [-0.39, 0.29) is 5.57 Å². The van der Waals surface area contributed by atoms with E-state index in [9.17, 15) is 14.7 Å². The standard InChI is InChI=1S/C25H31N3O4/c1-4-17-32-20-9-7-19(8-10-20)23(29)21-22(18-11-13-26-14-12-18)28(25(31)24(21)30)16-15-27(5-2)6-3/h7-14,22,29H,4-6,15-17H2,1-3H3. The van der Waals surface area contributed by atoms with E-state index >= 15 is 0 Å². The Balaban J connectivity index is 2.00. The largest absolute Gasteiger partial charge is 0.872 e. The van der Waals surface area contributed by atoms with E-state index in [4.69, 9.17) is 4.74 Å². The zero-order valence-corrected chi connectivity index (χ0v) is 19.0. The molecule has 0 bridgehead atoms. The number of nitrogens with zero attached hydrogens (tertiary/aromatic N) is 2. The summed E-state index contributed by atoms with van der Waals surface area (Å²) in [5.41, 5.74) is 1.07. The Morgan fingerprint density at radius 1 is 1.06 bits per heavy atom. The van der Waals surface area contributed by atoms with E-state index < -0.39 is 23.5 Å². The van der Waals surface area contributed by atoms with Crippen LogP contribution in [0.3, 0.4) is 0 Å². The van der Waals surface area contributed by atoms with Crippen LogP contribution in [-0.2, 0) is 9.59 Å². The van der Waals surface area contributed by atoms with Crippen molar-refractivity contribution in [2.75, 3.05) is 32.8 Å². The molecule has 1 aliphatic rings. The third-order valence-corrected chi connectivity index (χ3v) is 5.85. The third kappa shape index (κ3) is 4.99. The highest BCUT2D eigenvalue weighted by atomic mass is 16.5.